The summed E-state index contributed by atoms with van der Waals surface area (Å²) in [7, 11) is 1.70. The highest BCUT2D eigenvalue weighted by molar-refractivity contribution is 5.90. The lowest BCUT2D eigenvalue weighted by Gasteiger charge is -2.36. The molecule has 0 unspecified atom stereocenters. The second kappa shape index (κ2) is 9.00. The molecule has 1 saturated carbocycles. The molecule has 1 aliphatic heterocycles. The lowest BCUT2D eigenvalue weighted by molar-refractivity contribution is 0.415. The van der Waals surface area contributed by atoms with E-state index < -0.39 is 0 Å². The molecule has 6 heteroatoms. The van der Waals surface area contributed by atoms with Crippen LogP contribution in [0.5, 0.6) is 5.75 Å². The second-order valence-corrected chi connectivity index (χ2v) is 8.54. The number of para-hydroxylation sites is 1. The summed E-state index contributed by atoms with van der Waals surface area (Å²) in [5, 5.41) is 4.87. The van der Waals surface area contributed by atoms with E-state index in [-0.39, 0.29) is 0 Å². The fraction of sp³-hybridized carbons (Fsp3) is 0.440. The van der Waals surface area contributed by atoms with Gasteiger partial charge in [0.25, 0.3) is 0 Å². The summed E-state index contributed by atoms with van der Waals surface area (Å²) in [5.74, 6) is 2.72. The van der Waals surface area contributed by atoms with Gasteiger partial charge in [-0.1, -0.05) is 31.4 Å². The lowest BCUT2D eigenvalue weighted by Crippen LogP contribution is -2.47. The van der Waals surface area contributed by atoms with Crippen LogP contribution in [-0.4, -0.2) is 49.3 Å². The Labute approximate surface area is 184 Å². The van der Waals surface area contributed by atoms with Crippen LogP contribution < -0.4 is 19.9 Å². The number of aromatic nitrogens is 2. The highest BCUT2D eigenvalue weighted by Gasteiger charge is 2.22. The first-order chi connectivity index (χ1) is 15.3. The predicted molar refractivity (Wildman–Crippen MR) is 127 cm³/mol. The average Bonchev–Trinajstić information content (AvgIpc) is 2.85. The number of methoxy groups -OCH3 is 1. The van der Waals surface area contributed by atoms with Crippen LogP contribution in [0.25, 0.3) is 10.9 Å². The van der Waals surface area contributed by atoms with Crippen LogP contribution in [0.1, 0.15) is 32.1 Å². The zero-order valence-corrected chi connectivity index (χ0v) is 18.3. The minimum absolute atomic E-state index is 0.520. The number of anilines is 3. The van der Waals surface area contributed by atoms with Gasteiger partial charge in [0.2, 0.25) is 5.95 Å². The number of piperazine rings is 1. The summed E-state index contributed by atoms with van der Waals surface area (Å²) in [6, 6.07) is 17.2. The Morgan fingerprint density at radius 2 is 1.55 bits per heavy atom. The molecule has 1 aromatic heterocycles. The minimum Gasteiger partial charge on any atom is -0.497 e. The van der Waals surface area contributed by atoms with Crippen LogP contribution in [0.2, 0.25) is 0 Å². The molecule has 2 aromatic carbocycles. The molecule has 0 radical (unpaired) electrons. The Balaban J connectivity index is 1.34. The van der Waals surface area contributed by atoms with Gasteiger partial charge in [0, 0.05) is 43.3 Å². The fourth-order valence-corrected chi connectivity index (χ4v) is 4.71. The van der Waals surface area contributed by atoms with E-state index in [1.165, 1.54) is 37.8 Å². The molecule has 2 aliphatic rings. The molecule has 1 N–H and O–H groups in total. The molecule has 0 bridgehead atoms. The van der Waals surface area contributed by atoms with Crippen molar-refractivity contribution in [2.75, 3.05) is 48.4 Å². The maximum absolute atomic E-state index is 5.28. The summed E-state index contributed by atoms with van der Waals surface area (Å²) in [6.45, 7) is 3.72. The van der Waals surface area contributed by atoms with Crippen LogP contribution in [0, 0.1) is 0 Å². The molecule has 1 saturated heterocycles. The van der Waals surface area contributed by atoms with E-state index in [0.717, 1.165) is 54.6 Å². The Kier molecular flexibility index (Phi) is 5.78. The van der Waals surface area contributed by atoms with Crippen LogP contribution in [0.3, 0.4) is 0 Å². The predicted octanol–water partition coefficient (Wildman–Crippen LogP) is 4.71. The van der Waals surface area contributed by atoms with E-state index in [4.69, 9.17) is 14.7 Å². The van der Waals surface area contributed by atoms with Gasteiger partial charge in [-0.25, -0.2) is 4.98 Å². The average molecular weight is 418 g/mol. The van der Waals surface area contributed by atoms with Crippen molar-refractivity contribution in [2.24, 2.45) is 0 Å². The summed E-state index contributed by atoms with van der Waals surface area (Å²) in [5.41, 5.74) is 2.25. The van der Waals surface area contributed by atoms with Crippen LogP contribution in [-0.2, 0) is 0 Å². The maximum Gasteiger partial charge on any atom is 0.228 e. The van der Waals surface area contributed by atoms with Gasteiger partial charge >= 0.3 is 0 Å². The highest BCUT2D eigenvalue weighted by atomic mass is 16.5. The molecule has 31 heavy (non-hydrogen) atoms. The monoisotopic (exact) mass is 417 g/mol. The number of hydrogen-bond acceptors (Lipinski definition) is 6. The van der Waals surface area contributed by atoms with E-state index in [9.17, 15) is 0 Å². The van der Waals surface area contributed by atoms with Crippen molar-refractivity contribution in [1.82, 2.24) is 9.97 Å². The molecule has 2 heterocycles. The molecule has 0 amide bonds. The summed E-state index contributed by atoms with van der Waals surface area (Å²) in [4.78, 5) is 14.7. The van der Waals surface area contributed by atoms with Crippen molar-refractivity contribution in [3.8, 4) is 5.75 Å². The molecule has 0 spiro atoms. The standard InChI is InChI=1S/C25H31N5O/c1-31-21-13-11-20(12-14-21)29-15-17-30(18-16-29)25-27-23-10-6-5-9-22(23)24(28-25)26-19-7-3-2-4-8-19/h5-6,9-14,19H,2-4,7-8,15-18H2,1H3,(H,26,27,28). The van der Waals surface area contributed by atoms with Crippen molar-refractivity contribution in [2.45, 2.75) is 38.1 Å². The van der Waals surface area contributed by atoms with Crippen LogP contribution in [0.4, 0.5) is 17.5 Å². The zero-order chi connectivity index (χ0) is 21.0. The number of benzene rings is 2. The highest BCUT2D eigenvalue weighted by Crippen LogP contribution is 2.28. The SMILES string of the molecule is COc1ccc(N2CCN(c3nc(NC4CCCCC4)c4ccccc4n3)CC2)cc1. The number of fused-ring (bicyclic) bond motifs is 1. The second-order valence-electron chi connectivity index (χ2n) is 8.54. The molecule has 1 aliphatic carbocycles. The van der Waals surface area contributed by atoms with Gasteiger partial charge in [0.05, 0.1) is 12.6 Å². The third kappa shape index (κ3) is 4.38. The van der Waals surface area contributed by atoms with Crippen molar-refractivity contribution in [1.29, 1.82) is 0 Å². The Morgan fingerprint density at radius 3 is 2.29 bits per heavy atom. The third-order valence-electron chi connectivity index (χ3n) is 6.54. The molecule has 0 atom stereocenters. The summed E-state index contributed by atoms with van der Waals surface area (Å²) in [6.07, 6.45) is 6.43. The minimum atomic E-state index is 0.520. The smallest absolute Gasteiger partial charge is 0.228 e. The number of nitrogens with one attached hydrogen (secondary N) is 1. The van der Waals surface area contributed by atoms with Gasteiger partial charge in [0.15, 0.2) is 0 Å². The van der Waals surface area contributed by atoms with E-state index in [0.29, 0.717) is 6.04 Å². The molecule has 5 rings (SSSR count). The first-order valence-electron chi connectivity index (χ1n) is 11.5. The number of hydrogen-bond donors (Lipinski definition) is 1. The summed E-state index contributed by atoms with van der Waals surface area (Å²) < 4.78 is 5.28. The van der Waals surface area contributed by atoms with Gasteiger partial charge in [-0.15, -0.1) is 0 Å². The molecule has 6 nitrogen and oxygen atoms in total. The van der Waals surface area contributed by atoms with Crippen molar-refractivity contribution in [3.63, 3.8) is 0 Å². The Hall–Kier alpha value is -3.02. The van der Waals surface area contributed by atoms with Crippen LogP contribution >= 0.6 is 0 Å². The number of ether oxygens (including phenoxy) is 1. The van der Waals surface area contributed by atoms with E-state index in [1.54, 1.807) is 7.11 Å². The summed E-state index contributed by atoms with van der Waals surface area (Å²) >= 11 is 0. The lowest BCUT2D eigenvalue weighted by atomic mass is 9.95. The van der Waals surface area contributed by atoms with E-state index in [2.05, 4.69) is 51.5 Å². The Bertz CT molecular complexity index is 1010. The third-order valence-corrected chi connectivity index (χ3v) is 6.54. The van der Waals surface area contributed by atoms with Gasteiger partial charge in [-0.2, -0.15) is 4.98 Å². The normalized spacial score (nSPS) is 17.7. The van der Waals surface area contributed by atoms with E-state index >= 15 is 0 Å². The maximum atomic E-state index is 5.28. The molecule has 2 fully saturated rings. The van der Waals surface area contributed by atoms with Gasteiger partial charge in [-0.05, 0) is 49.2 Å². The first-order valence-corrected chi connectivity index (χ1v) is 11.5. The van der Waals surface area contributed by atoms with Crippen molar-refractivity contribution in [3.05, 3.63) is 48.5 Å². The quantitative estimate of drug-likeness (QED) is 0.649. The Morgan fingerprint density at radius 1 is 0.839 bits per heavy atom. The topological polar surface area (TPSA) is 53.5 Å². The molecule has 162 valence electrons. The molecular formula is C25H31N5O. The number of rotatable bonds is 5. The van der Waals surface area contributed by atoms with Crippen LogP contribution in [0.15, 0.2) is 48.5 Å². The fourth-order valence-electron chi connectivity index (χ4n) is 4.71. The largest absolute Gasteiger partial charge is 0.497 e. The van der Waals surface area contributed by atoms with Crippen molar-refractivity contribution >= 4 is 28.4 Å². The van der Waals surface area contributed by atoms with Gasteiger partial charge in [-0.3, -0.25) is 0 Å². The molecule has 3 aromatic rings. The number of nitrogens with zero attached hydrogens (tertiary/aromatic N) is 4. The first kappa shape index (κ1) is 19.9. The van der Waals surface area contributed by atoms with Crippen molar-refractivity contribution < 1.29 is 4.74 Å². The molecular weight excluding hydrogens is 386 g/mol. The zero-order valence-electron chi connectivity index (χ0n) is 18.3. The van der Waals surface area contributed by atoms with Gasteiger partial charge in [0.1, 0.15) is 11.6 Å². The van der Waals surface area contributed by atoms with E-state index in [1.807, 2.05) is 12.1 Å². The van der Waals surface area contributed by atoms with Gasteiger partial charge < -0.3 is 19.9 Å².